The van der Waals surface area contributed by atoms with Crippen molar-refractivity contribution in [1.29, 1.82) is 5.26 Å². The summed E-state index contributed by atoms with van der Waals surface area (Å²) in [5.74, 6) is 0. The predicted octanol–water partition coefficient (Wildman–Crippen LogP) is 4.86. The first-order valence-corrected chi connectivity index (χ1v) is 8.55. The van der Waals surface area contributed by atoms with Gasteiger partial charge in [0, 0.05) is 5.56 Å². The minimum absolute atomic E-state index is 0.385. The van der Waals surface area contributed by atoms with Gasteiger partial charge in [0.05, 0.1) is 23.7 Å². The number of para-hydroxylation sites is 2. The topological polar surface area (TPSA) is 59.7 Å². The van der Waals surface area contributed by atoms with E-state index in [1.165, 1.54) is 5.01 Å². The van der Waals surface area contributed by atoms with E-state index in [9.17, 15) is 10.1 Å². The molecule has 5 nitrogen and oxygen atoms in total. The maximum atomic E-state index is 13.5. The summed E-state index contributed by atoms with van der Waals surface area (Å²) in [6.45, 7) is 0. The van der Waals surface area contributed by atoms with Crippen LogP contribution in [-0.4, -0.2) is 17.3 Å². The van der Waals surface area contributed by atoms with Crippen LogP contribution < -0.4 is 4.90 Å². The Labute approximate surface area is 157 Å². The summed E-state index contributed by atoms with van der Waals surface area (Å²) in [6.07, 6.45) is 1.62. The van der Waals surface area contributed by atoms with Gasteiger partial charge in [-0.3, -0.25) is 4.90 Å². The number of hydrogen-bond acceptors (Lipinski definition) is 3. The highest BCUT2D eigenvalue weighted by molar-refractivity contribution is 6.00. The number of hydrazone groups is 1. The quantitative estimate of drug-likeness (QED) is 0.661. The summed E-state index contributed by atoms with van der Waals surface area (Å²) in [5, 5.41) is 15.3. The van der Waals surface area contributed by atoms with Crippen LogP contribution in [0.5, 0.6) is 0 Å². The number of benzene rings is 3. The molecule has 2 amide bonds. The summed E-state index contributed by atoms with van der Waals surface area (Å²) in [4.78, 5) is 15.0. The van der Waals surface area contributed by atoms with Crippen LogP contribution in [-0.2, 0) is 0 Å². The fourth-order valence-corrected chi connectivity index (χ4v) is 3.11. The summed E-state index contributed by atoms with van der Waals surface area (Å²) in [5.41, 5.74) is 3.03. The van der Waals surface area contributed by atoms with E-state index in [2.05, 4.69) is 11.2 Å². The third-order valence-corrected chi connectivity index (χ3v) is 4.39. The highest BCUT2D eigenvalue weighted by Gasteiger charge is 2.33. The second kappa shape index (κ2) is 7.14. The van der Waals surface area contributed by atoms with Crippen LogP contribution >= 0.6 is 0 Å². The Hall–Kier alpha value is -3.91. The van der Waals surface area contributed by atoms with E-state index in [-0.39, 0.29) is 6.03 Å². The van der Waals surface area contributed by atoms with E-state index in [4.69, 9.17) is 0 Å². The lowest BCUT2D eigenvalue weighted by molar-refractivity contribution is 0.199. The van der Waals surface area contributed by atoms with Crippen LogP contribution in [0.25, 0.3) is 0 Å². The first kappa shape index (κ1) is 16.6. The molecular formula is C22H16N4O. The number of urea groups is 1. The zero-order chi connectivity index (χ0) is 18.6. The van der Waals surface area contributed by atoms with Gasteiger partial charge in [0.15, 0.2) is 6.04 Å². The molecule has 0 N–H and O–H groups in total. The number of carbonyl (C=O) groups is 1. The molecule has 1 aliphatic heterocycles. The van der Waals surface area contributed by atoms with E-state index < -0.39 is 6.04 Å². The second-order valence-corrected chi connectivity index (χ2v) is 6.04. The van der Waals surface area contributed by atoms with Gasteiger partial charge < -0.3 is 0 Å². The average molecular weight is 352 g/mol. The molecule has 0 saturated heterocycles. The minimum atomic E-state index is -0.784. The number of carbonyl (C=O) groups excluding carboxylic acids is 1. The average Bonchev–Trinajstić information content (AvgIpc) is 2.74. The standard InChI is InChI=1S/C22H16N4O/c23-15-21-20-14-8-7-9-17(20)16-24-26(21)22(27)25(18-10-3-1-4-11-18)19-12-5-2-6-13-19/h1-14,16,21H/t21-/m1/s1. The number of hydrogen-bond donors (Lipinski definition) is 0. The minimum Gasteiger partial charge on any atom is -0.261 e. The zero-order valence-electron chi connectivity index (χ0n) is 14.4. The van der Waals surface area contributed by atoms with Gasteiger partial charge in [0.25, 0.3) is 0 Å². The second-order valence-electron chi connectivity index (χ2n) is 6.04. The normalized spacial score (nSPS) is 14.9. The Kier molecular flexibility index (Phi) is 4.38. The molecule has 5 heteroatoms. The van der Waals surface area contributed by atoms with Gasteiger partial charge in [0.1, 0.15) is 0 Å². The third-order valence-electron chi connectivity index (χ3n) is 4.39. The number of fused-ring (bicyclic) bond motifs is 1. The molecule has 0 spiro atoms. The van der Waals surface area contributed by atoms with E-state index in [0.29, 0.717) is 11.4 Å². The van der Waals surface area contributed by atoms with E-state index in [0.717, 1.165) is 11.1 Å². The number of rotatable bonds is 2. The summed E-state index contributed by atoms with van der Waals surface area (Å²) < 4.78 is 0. The van der Waals surface area contributed by atoms with Gasteiger partial charge in [-0.2, -0.15) is 15.4 Å². The highest BCUT2D eigenvalue weighted by Crippen LogP contribution is 2.32. The molecule has 0 radical (unpaired) electrons. The zero-order valence-corrected chi connectivity index (χ0v) is 14.4. The van der Waals surface area contributed by atoms with Crippen molar-refractivity contribution in [2.24, 2.45) is 5.10 Å². The van der Waals surface area contributed by atoms with Crippen LogP contribution in [0.3, 0.4) is 0 Å². The van der Waals surface area contributed by atoms with E-state index in [1.807, 2.05) is 84.9 Å². The molecule has 0 fully saturated rings. The van der Waals surface area contributed by atoms with Crippen LogP contribution in [0.15, 0.2) is 90.0 Å². The molecule has 27 heavy (non-hydrogen) atoms. The van der Waals surface area contributed by atoms with Gasteiger partial charge in [-0.25, -0.2) is 4.79 Å². The third kappa shape index (κ3) is 3.05. The summed E-state index contributed by atoms with van der Waals surface area (Å²) in [7, 11) is 0. The van der Waals surface area contributed by atoms with Gasteiger partial charge in [0.2, 0.25) is 0 Å². The lowest BCUT2D eigenvalue weighted by atomic mass is 10.0. The molecular weight excluding hydrogens is 336 g/mol. The van der Waals surface area contributed by atoms with Crippen LogP contribution in [0.2, 0.25) is 0 Å². The molecule has 0 aromatic heterocycles. The molecule has 0 saturated carbocycles. The molecule has 3 aromatic rings. The monoisotopic (exact) mass is 352 g/mol. The molecule has 4 rings (SSSR count). The Morgan fingerprint density at radius 3 is 2.04 bits per heavy atom. The Bertz CT molecular complexity index is 985. The van der Waals surface area contributed by atoms with Crippen molar-refractivity contribution in [3.63, 3.8) is 0 Å². The fraction of sp³-hybridized carbons (Fsp3) is 0.0455. The lowest BCUT2D eigenvalue weighted by Gasteiger charge is -2.32. The smallest absolute Gasteiger partial charge is 0.261 e. The molecule has 130 valence electrons. The largest absolute Gasteiger partial charge is 0.351 e. The van der Waals surface area contributed by atoms with Crippen molar-refractivity contribution in [2.45, 2.75) is 6.04 Å². The van der Waals surface area contributed by atoms with Crippen molar-refractivity contribution < 1.29 is 4.79 Å². The maximum absolute atomic E-state index is 13.5. The summed E-state index contributed by atoms with van der Waals surface area (Å²) >= 11 is 0. The maximum Gasteiger partial charge on any atom is 0.351 e. The number of anilines is 2. The molecule has 0 aliphatic carbocycles. The first-order chi connectivity index (χ1) is 13.3. The molecule has 1 aliphatic rings. The van der Waals surface area contributed by atoms with Crippen molar-refractivity contribution in [3.8, 4) is 6.07 Å². The lowest BCUT2D eigenvalue weighted by Crippen LogP contribution is -2.41. The SMILES string of the molecule is N#C[C@@H]1c2ccccc2C=NN1C(=O)N(c1ccccc1)c1ccccc1. The number of amides is 2. The van der Waals surface area contributed by atoms with E-state index in [1.54, 1.807) is 11.1 Å². The number of nitriles is 1. The Balaban J connectivity index is 1.78. The van der Waals surface area contributed by atoms with Gasteiger partial charge in [-0.05, 0) is 29.8 Å². The van der Waals surface area contributed by atoms with Crippen LogP contribution in [0.1, 0.15) is 17.2 Å². The van der Waals surface area contributed by atoms with Crippen molar-refractivity contribution in [2.75, 3.05) is 4.90 Å². The van der Waals surface area contributed by atoms with Crippen molar-refractivity contribution in [3.05, 3.63) is 96.1 Å². The summed E-state index contributed by atoms with van der Waals surface area (Å²) in [6, 6.07) is 27.2. The molecule has 1 atom stereocenters. The number of nitrogens with zero attached hydrogens (tertiary/aromatic N) is 4. The Morgan fingerprint density at radius 1 is 0.889 bits per heavy atom. The van der Waals surface area contributed by atoms with Gasteiger partial charge >= 0.3 is 6.03 Å². The molecule has 0 unspecified atom stereocenters. The Morgan fingerprint density at radius 2 is 1.44 bits per heavy atom. The predicted molar refractivity (Wildman–Crippen MR) is 105 cm³/mol. The highest BCUT2D eigenvalue weighted by atomic mass is 16.2. The molecule has 1 heterocycles. The van der Waals surface area contributed by atoms with Crippen LogP contribution in [0, 0.1) is 11.3 Å². The van der Waals surface area contributed by atoms with Crippen LogP contribution in [0.4, 0.5) is 16.2 Å². The molecule has 3 aromatic carbocycles. The van der Waals surface area contributed by atoms with Crippen molar-refractivity contribution >= 4 is 23.6 Å². The van der Waals surface area contributed by atoms with E-state index >= 15 is 0 Å². The van der Waals surface area contributed by atoms with Crippen molar-refractivity contribution in [1.82, 2.24) is 5.01 Å². The molecule has 0 bridgehead atoms. The van der Waals surface area contributed by atoms with Gasteiger partial charge in [-0.15, -0.1) is 0 Å². The first-order valence-electron chi connectivity index (χ1n) is 8.55. The fourth-order valence-electron chi connectivity index (χ4n) is 3.11. The van der Waals surface area contributed by atoms with Gasteiger partial charge in [-0.1, -0.05) is 60.7 Å².